The van der Waals surface area contributed by atoms with Gasteiger partial charge in [0.15, 0.2) is 0 Å². The third kappa shape index (κ3) is 2.83. The van der Waals surface area contributed by atoms with Gasteiger partial charge in [0, 0.05) is 31.9 Å². The van der Waals surface area contributed by atoms with Gasteiger partial charge in [-0.2, -0.15) is 0 Å². The largest absolute Gasteiger partial charge is 0.379 e. The molecular formula is C20H22N2O2. The van der Waals surface area contributed by atoms with Crippen LogP contribution in [0.3, 0.4) is 0 Å². The van der Waals surface area contributed by atoms with E-state index in [4.69, 9.17) is 4.74 Å². The van der Waals surface area contributed by atoms with E-state index in [1.165, 1.54) is 0 Å². The number of fused-ring (bicyclic) bond motifs is 1. The molecule has 2 aliphatic rings. The van der Waals surface area contributed by atoms with E-state index >= 15 is 0 Å². The average molecular weight is 322 g/mol. The molecule has 1 atom stereocenters. The van der Waals surface area contributed by atoms with Crippen molar-refractivity contribution in [3.8, 4) is 0 Å². The lowest BCUT2D eigenvalue weighted by atomic mass is 9.93. The normalized spacial score (nSPS) is 21.1. The standard InChI is InChI=1S/C20H22N2O2/c23-20-19(16-6-2-1-3-7-16)17-8-4-5-9-18(17)22(20)11-10-21-12-14-24-15-13-21/h1-9,19H,10-15H2. The van der Waals surface area contributed by atoms with Crippen molar-refractivity contribution in [2.45, 2.75) is 5.92 Å². The molecule has 1 fully saturated rings. The van der Waals surface area contributed by atoms with Gasteiger partial charge in [0.05, 0.1) is 19.1 Å². The first-order valence-corrected chi connectivity index (χ1v) is 8.60. The summed E-state index contributed by atoms with van der Waals surface area (Å²) in [5, 5.41) is 0. The van der Waals surface area contributed by atoms with Crippen LogP contribution in [0.5, 0.6) is 0 Å². The molecule has 24 heavy (non-hydrogen) atoms. The Hall–Kier alpha value is -2.17. The monoisotopic (exact) mass is 322 g/mol. The zero-order valence-corrected chi connectivity index (χ0v) is 13.7. The smallest absolute Gasteiger partial charge is 0.239 e. The molecule has 1 unspecified atom stereocenters. The van der Waals surface area contributed by atoms with Crippen LogP contribution in [0.25, 0.3) is 0 Å². The molecule has 0 saturated carbocycles. The zero-order chi connectivity index (χ0) is 16.4. The summed E-state index contributed by atoms with van der Waals surface area (Å²) >= 11 is 0. The summed E-state index contributed by atoms with van der Waals surface area (Å²) in [6, 6.07) is 18.3. The van der Waals surface area contributed by atoms with E-state index in [1.54, 1.807) is 0 Å². The van der Waals surface area contributed by atoms with Crippen LogP contribution >= 0.6 is 0 Å². The highest BCUT2D eigenvalue weighted by Gasteiger charge is 2.37. The second-order valence-electron chi connectivity index (χ2n) is 6.35. The average Bonchev–Trinajstić information content (AvgIpc) is 2.93. The van der Waals surface area contributed by atoms with Gasteiger partial charge in [-0.05, 0) is 17.2 Å². The van der Waals surface area contributed by atoms with Crippen LogP contribution in [0.4, 0.5) is 5.69 Å². The fourth-order valence-corrected chi connectivity index (χ4v) is 3.65. The van der Waals surface area contributed by atoms with Gasteiger partial charge in [0.25, 0.3) is 0 Å². The number of rotatable bonds is 4. The lowest BCUT2D eigenvalue weighted by Crippen LogP contribution is -2.42. The molecule has 2 aromatic rings. The Balaban J connectivity index is 1.58. The van der Waals surface area contributed by atoms with Gasteiger partial charge in [0.2, 0.25) is 5.91 Å². The fourth-order valence-electron chi connectivity index (χ4n) is 3.65. The van der Waals surface area contributed by atoms with Crippen LogP contribution in [0, 0.1) is 0 Å². The number of morpholine rings is 1. The second-order valence-corrected chi connectivity index (χ2v) is 6.35. The van der Waals surface area contributed by atoms with Crippen LogP contribution in [-0.2, 0) is 9.53 Å². The number of hydrogen-bond acceptors (Lipinski definition) is 3. The third-order valence-corrected chi connectivity index (χ3v) is 4.93. The second kappa shape index (κ2) is 6.75. The van der Waals surface area contributed by atoms with E-state index in [1.807, 2.05) is 47.4 Å². The van der Waals surface area contributed by atoms with E-state index in [-0.39, 0.29) is 11.8 Å². The number of hydrogen-bond donors (Lipinski definition) is 0. The minimum absolute atomic E-state index is 0.174. The van der Waals surface area contributed by atoms with Crippen molar-refractivity contribution in [2.24, 2.45) is 0 Å². The molecule has 0 aliphatic carbocycles. The Bertz CT molecular complexity index is 711. The first-order valence-electron chi connectivity index (χ1n) is 8.60. The topological polar surface area (TPSA) is 32.8 Å². The Morgan fingerprint density at radius 3 is 2.42 bits per heavy atom. The molecule has 0 radical (unpaired) electrons. The molecule has 4 heteroatoms. The van der Waals surface area contributed by atoms with Crippen molar-refractivity contribution in [2.75, 3.05) is 44.3 Å². The van der Waals surface area contributed by atoms with E-state index in [2.05, 4.69) is 17.0 Å². The van der Waals surface area contributed by atoms with Crippen LogP contribution < -0.4 is 4.90 Å². The maximum Gasteiger partial charge on any atom is 0.239 e. The van der Waals surface area contributed by atoms with Crippen molar-refractivity contribution in [3.05, 3.63) is 65.7 Å². The summed E-state index contributed by atoms with van der Waals surface area (Å²) in [4.78, 5) is 17.4. The highest BCUT2D eigenvalue weighted by Crippen LogP contribution is 2.40. The Morgan fingerprint density at radius 1 is 0.917 bits per heavy atom. The van der Waals surface area contributed by atoms with E-state index < -0.39 is 0 Å². The van der Waals surface area contributed by atoms with E-state index in [9.17, 15) is 4.79 Å². The third-order valence-electron chi connectivity index (χ3n) is 4.93. The number of carbonyl (C=O) groups is 1. The van der Waals surface area contributed by atoms with Crippen LogP contribution in [0.15, 0.2) is 54.6 Å². The van der Waals surface area contributed by atoms with Gasteiger partial charge in [-0.3, -0.25) is 9.69 Å². The first kappa shape index (κ1) is 15.4. The molecular weight excluding hydrogens is 300 g/mol. The number of carbonyl (C=O) groups excluding carboxylic acids is 1. The SMILES string of the molecule is O=C1C(c2ccccc2)c2ccccc2N1CCN1CCOCC1. The minimum Gasteiger partial charge on any atom is -0.379 e. The van der Waals surface area contributed by atoms with Crippen LogP contribution in [0.1, 0.15) is 17.0 Å². The summed E-state index contributed by atoms with van der Waals surface area (Å²) in [6.07, 6.45) is 0. The minimum atomic E-state index is -0.174. The molecule has 4 rings (SSSR count). The van der Waals surface area contributed by atoms with Gasteiger partial charge in [-0.1, -0.05) is 48.5 Å². The number of ether oxygens (including phenoxy) is 1. The first-order chi connectivity index (χ1) is 11.8. The van der Waals surface area contributed by atoms with Crippen molar-refractivity contribution < 1.29 is 9.53 Å². The number of nitrogens with zero attached hydrogens (tertiary/aromatic N) is 2. The summed E-state index contributed by atoms with van der Waals surface area (Å²) in [6.45, 7) is 5.11. The lowest BCUT2D eigenvalue weighted by Gasteiger charge is -2.28. The summed E-state index contributed by atoms with van der Waals surface area (Å²) in [5.41, 5.74) is 3.25. The lowest BCUT2D eigenvalue weighted by molar-refractivity contribution is -0.118. The highest BCUT2D eigenvalue weighted by atomic mass is 16.5. The Morgan fingerprint density at radius 2 is 1.62 bits per heavy atom. The molecule has 0 N–H and O–H groups in total. The maximum atomic E-state index is 13.1. The molecule has 2 aliphatic heterocycles. The van der Waals surface area contributed by atoms with Crippen LogP contribution in [0.2, 0.25) is 0 Å². The molecule has 1 saturated heterocycles. The van der Waals surface area contributed by atoms with Crippen LogP contribution in [-0.4, -0.2) is 50.2 Å². The number of para-hydroxylation sites is 1. The molecule has 4 nitrogen and oxygen atoms in total. The quantitative estimate of drug-likeness (QED) is 0.867. The molecule has 2 aromatic carbocycles. The highest BCUT2D eigenvalue weighted by molar-refractivity contribution is 6.07. The predicted octanol–water partition coefficient (Wildman–Crippen LogP) is 2.50. The fraction of sp³-hybridized carbons (Fsp3) is 0.350. The Labute approximate surface area is 142 Å². The number of amides is 1. The Kier molecular flexibility index (Phi) is 4.32. The predicted molar refractivity (Wildman–Crippen MR) is 94.3 cm³/mol. The van der Waals surface area contributed by atoms with Gasteiger partial charge in [-0.25, -0.2) is 0 Å². The van der Waals surface area contributed by atoms with Gasteiger partial charge >= 0.3 is 0 Å². The van der Waals surface area contributed by atoms with Crippen molar-refractivity contribution in [3.63, 3.8) is 0 Å². The zero-order valence-electron chi connectivity index (χ0n) is 13.7. The summed E-state index contributed by atoms with van der Waals surface area (Å²) in [7, 11) is 0. The van der Waals surface area contributed by atoms with Gasteiger partial charge in [0.1, 0.15) is 0 Å². The van der Waals surface area contributed by atoms with Gasteiger partial charge in [-0.15, -0.1) is 0 Å². The maximum absolute atomic E-state index is 13.1. The van der Waals surface area contributed by atoms with Crippen molar-refractivity contribution >= 4 is 11.6 Å². The number of anilines is 1. The number of benzene rings is 2. The van der Waals surface area contributed by atoms with Crippen molar-refractivity contribution in [1.82, 2.24) is 4.90 Å². The van der Waals surface area contributed by atoms with Crippen molar-refractivity contribution in [1.29, 1.82) is 0 Å². The van der Waals surface area contributed by atoms with E-state index in [0.29, 0.717) is 0 Å². The summed E-state index contributed by atoms with van der Waals surface area (Å²) in [5.74, 6) is 0.0164. The molecule has 124 valence electrons. The molecule has 0 spiro atoms. The van der Waals surface area contributed by atoms with E-state index in [0.717, 1.165) is 56.2 Å². The van der Waals surface area contributed by atoms with Gasteiger partial charge < -0.3 is 9.64 Å². The molecule has 0 bridgehead atoms. The molecule has 2 heterocycles. The summed E-state index contributed by atoms with van der Waals surface area (Å²) < 4.78 is 5.40. The molecule has 1 amide bonds. The molecule has 0 aromatic heterocycles.